The summed E-state index contributed by atoms with van der Waals surface area (Å²) in [4.78, 5) is 9.01. The van der Waals surface area contributed by atoms with Gasteiger partial charge in [-0.3, -0.25) is 0 Å². The van der Waals surface area contributed by atoms with E-state index in [0.717, 1.165) is 28.5 Å². The number of nitrogens with zero attached hydrogens (tertiary/aromatic N) is 2. The van der Waals surface area contributed by atoms with E-state index >= 15 is 0 Å². The predicted octanol–water partition coefficient (Wildman–Crippen LogP) is 2.89. The van der Waals surface area contributed by atoms with Crippen molar-refractivity contribution in [2.45, 2.75) is 45.6 Å². The molecular weight excluding hydrogens is 329 g/mol. The third kappa shape index (κ3) is 2.70. The van der Waals surface area contributed by atoms with Crippen LogP contribution in [0.15, 0.2) is 0 Å². The Bertz CT molecular complexity index is 383. The zero-order chi connectivity index (χ0) is 13.1. The summed E-state index contributed by atoms with van der Waals surface area (Å²) >= 11 is 2.20. The topological polar surface area (TPSA) is 61.0 Å². The van der Waals surface area contributed by atoms with E-state index in [9.17, 15) is 0 Å². The molecular formula is C12H20IN3O. The van der Waals surface area contributed by atoms with Gasteiger partial charge in [-0.1, -0.05) is 20.8 Å². The number of methoxy groups -OCH3 is 1. The van der Waals surface area contributed by atoms with Gasteiger partial charge in [0.25, 0.3) is 0 Å². The molecule has 0 aromatic carbocycles. The van der Waals surface area contributed by atoms with Crippen LogP contribution in [0.2, 0.25) is 0 Å². The van der Waals surface area contributed by atoms with Crippen molar-refractivity contribution < 1.29 is 4.74 Å². The molecule has 4 nitrogen and oxygen atoms in total. The highest BCUT2D eigenvalue weighted by molar-refractivity contribution is 14.1. The van der Waals surface area contributed by atoms with E-state index in [1.807, 2.05) is 0 Å². The van der Waals surface area contributed by atoms with Gasteiger partial charge in [0, 0.05) is 7.11 Å². The lowest BCUT2D eigenvalue weighted by Crippen LogP contribution is -2.30. The maximum atomic E-state index is 5.94. The van der Waals surface area contributed by atoms with Crippen LogP contribution in [0, 0.1) is 3.57 Å². The number of hydrogen-bond donors (Lipinski definition) is 1. The van der Waals surface area contributed by atoms with E-state index in [0.29, 0.717) is 11.6 Å². The minimum absolute atomic E-state index is 0.414. The van der Waals surface area contributed by atoms with Gasteiger partial charge in [0.15, 0.2) is 5.82 Å². The number of rotatable bonds is 5. The van der Waals surface area contributed by atoms with E-state index in [1.165, 1.54) is 0 Å². The number of nitrogen functional groups attached to an aromatic ring is 1. The molecule has 0 saturated heterocycles. The minimum Gasteiger partial charge on any atom is -0.383 e. The van der Waals surface area contributed by atoms with Gasteiger partial charge >= 0.3 is 0 Å². The first-order valence-corrected chi connectivity index (χ1v) is 7.00. The van der Waals surface area contributed by atoms with Crippen LogP contribution in [0.3, 0.4) is 0 Å². The first-order chi connectivity index (χ1) is 8.04. The summed E-state index contributed by atoms with van der Waals surface area (Å²) in [5, 5.41) is 0. The molecule has 0 aliphatic heterocycles. The van der Waals surface area contributed by atoms with Crippen molar-refractivity contribution in [3.05, 3.63) is 15.1 Å². The number of nitrogens with two attached hydrogens (primary N) is 1. The minimum atomic E-state index is -0.414. The van der Waals surface area contributed by atoms with Crippen LogP contribution in [0.4, 0.5) is 5.82 Å². The molecule has 0 aliphatic carbocycles. The lowest BCUT2D eigenvalue weighted by atomic mass is 9.96. The Morgan fingerprint density at radius 1 is 1.24 bits per heavy atom. The lowest BCUT2D eigenvalue weighted by molar-refractivity contribution is -0.0292. The molecule has 0 radical (unpaired) electrons. The second-order valence-electron chi connectivity index (χ2n) is 3.95. The Balaban J connectivity index is 3.35. The molecule has 1 aromatic rings. The summed E-state index contributed by atoms with van der Waals surface area (Å²) in [6.45, 7) is 6.23. The molecule has 2 N–H and O–H groups in total. The first kappa shape index (κ1) is 14.6. The van der Waals surface area contributed by atoms with Gasteiger partial charge in [0.1, 0.15) is 11.4 Å². The Morgan fingerprint density at radius 3 is 2.24 bits per heavy atom. The van der Waals surface area contributed by atoms with Crippen LogP contribution in [0.1, 0.15) is 45.1 Å². The molecule has 0 spiro atoms. The zero-order valence-electron chi connectivity index (χ0n) is 10.9. The van der Waals surface area contributed by atoms with E-state index in [2.05, 4.69) is 53.3 Å². The molecule has 0 bridgehead atoms. The van der Waals surface area contributed by atoms with Crippen LogP contribution >= 0.6 is 22.6 Å². The van der Waals surface area contributed by atoms with Crippen LogP contribution in [0.5, 0.6) is 0 Å². The van der Waals surface area contributed by atoms with Crippen molar-refractivity contribution in [3.8, 4) is 0 Å². The second-order valence-corrected chi connectivity index (χ2v) is 5.03. The number of aryl methyl sites for hydroxylation is 1. The summed E-state index contributed by atoms with van der Waals surface area (Å²) in [5.74, 6) is 1.26. The largest absolute Gasteiger partial charge is 0.383 e. The second kappa shape index (κ2) is 5.95. The normalized spacial score (nSPS) is 11.8. The van der Waals surface area contributed by atoms with Crippen molar-refractivity contribution in [3.63, 3.8) is 0 Å². The fourth-order valence-electron chi connectivity index (χ4n) is 1.90. The SMILES string of the molecule is CCc1nc(C(CC)(CC)OC)nc(N)c1I. The molecule has 0 saturated carbocycles. The molecule has 0 fully saturated rings. The fraction of sp³-hybridized carbons (Fsp3) is 0.667. The van der Waals surface area contributed by atoms with E-state index < -0.39 is 5.60 Å². The Labute approximate surface area is 117 Å². The fourth-order valence-corrected chi connectivity index (χ4v) is 2.52. The quantitative estimate of drug-likeness (QED) is 0.831. The van der Waals surface area contributed by atoms with Crippen molar-refractivity contribution in [1.29, 1.82) is 0 Å². The molecule has 5 heteroatoms. The van der Waals surface area contributed by atoms with Crippen molar-refractivity contribution in [1.82, 2.24) is 9.97 Å². The number of halogens is 1. The molecule has 1 rings (SSSR count). The Hall–Kier alpha value is -0.430. The molecule has 0 aliphatic rings. The average Bonchev–Trinajstić information content (AvgIpc) is 2.36. The van der Waals surface area contributed by atoms with Gasteiger partial charge in [-0.2, -0.15) is 0 Å². The van der Waals surface area contributed by atoms with Gasteiger partial charge in [-0.05, 0) is 41.9 Å². The van der Waals surface area contributed by atoms with Gasteiger partial charge in [0.05, 0.1) is 9.26 Å². The van der Waals surface area contributed by atoms with Gasteiger partial charge in [-0.25, -0.2) is 9.97 Å². The maximum absolute atomic E-state index is 5.94. The summed E-state index contributed by atoms with van der Waals surface area (Å²) in [5.41, 5.74) is 6.53. The molecule has 1 aromatic heterocycles. The van der Waals surface area contributed by atoms with E-state index in [4.69, 9.17) is 10.5 Å². The van der Waals surface area contributed by atoms with Gasteiger partial charge in [0.2, 0.25) is 0 Å². The Morgan fingerprint density at radius 2 is 1.82 bits per heavy atom. The summed E-state index contributed by atoms with van der Waals surface area (Å²) < 4.78 is 6.58. The monoisotopic (exact) mass is 349 g/mol. The van der Waals surface area contributed by atoms with E-state index in [1.54, 1.807) is 7.11 Å². The summed E-state index contributed by atoms with van der Waals surface area (Å²) in [6.07, 6.45) is 2.53. The van der Waals surface area contributed by atoms with Crippen LogP contribution in [-0.2, 0) is 16.8 Å². The Kier molecular flexibility index (Phi) is 5.12. The van der Waals surface area contributed by atoms with E-state index in [-0.39, 0.29) is 0 Å². The maximum Gasteiger partial charge on any atom is 0.162 e. The van der Waals surface area contributed by atoms with Crippen molar-refractivity contribution in [2.24, 2.45) is 0 Å². The van der Waals surface area contributed by atoms with Crippen molar-refractivity contribution in [2.75, 3.05) is 12.8 Å². The molecule has 0 unspecified atom stereocenters. The number of anilines is 1. The standard InChI is InChI=1S/C12H20IN3O/c1-5-8-9(13)10(14)16-11(15-8)12(6-2,7-3)17-4/h5-7H2,1-4H3,(H2,14,15,16). The number of hydrogen-bond acceptors (Lipinski definition) is 4. The van der Waals surface area contributed by atoms with Crippen LogP contribution in [-0.4, -0.2) is 17.1 Å². The molecule has 96 valence electrons. The predicted molar refractivity (Wildman–Crippen MR) is 77.8 cm³/mol. The molecule has 0 atom stereocenters. The molecule has 1 heterocycles. The van der Waals surface area contributed by atoms with Crippen molar-refractivity contribution >= 4 is 28.4 Å². The third-order valence-corrected chi connectivity index (χ3v) is 4.40. The first-order valence-electron chi connectivity index (χ1n) is 5.92. The smallest absolute Gasteiger partial charge is 0.162 e. The highest BCUT2D eigenvalue weighted by Gasteiger charge is 2.32. The average molecular weight is 349 g/mol. The third-order valence-electron chi connectivity index (χ3n) is 3.22. The number of aromatic nitrogens is 2. The molecule has 17 heavy (non-hydrogen) atoms. The summed E-state index contributed by atoms with van der Waals surface area (Å²) in [7, 11) is 1.70. The van der Waals surface area contributed by atoms with Crippen LogP contribution in [0.25, 0.3) is 0 Å². The number of ether oxygens (including phenoxy) is 1. The van der Waals surface area contributed by atoms with Gasteiger partial charge < -0.3 is 10.5 Å². The molecule has 0 amide bonds. The van der Waals surface area contributed by atoms with Crippen LogP contribution < -0.4 is 5.73 Å². The summed E-state index contributed by atoms with van der Waals surface area (Å²) in [6, 6.07) is 0. The zero-order valence-corrected chi connectivity index (χ0v) is 13.0. The van der Waals surface area contributed by atoms with Gasteiger partial charge in [-0.15, -0.1) is 0 Å². The lowest BCUT2D eigenvalue weighted by Gasteiger charge is -2.29. The highest BCUT2D eigenvalue weighted by atomic mass is 127. The highest BCUT2D eigenvalue weighted by Crippen LogP contribution is 2.31.